The average molecular weight is 339 g/mol. The van der Waals surface area contributed by atoms with Crippen LogP contribution in [0.3, 0.4) is 0 Å². The number of rotatable bonds is 6. The lowest BCUT2D eigenvalue weighted by molar-refractivity contribution is -0.132. The van der Waals surface area contributed by atoms with Gasteiger partial charge in [-0.1, -0.05) is 18.2 Å². The van der Waals surface area contributed by atoms with E-state index in [1.807, 2.05) is 54.6 Å². The van der Waals surface area contributed by atoms with Crippen molar-refractivity contribution in [1.82, 2.24) is 4.90 Å². The Bertz CT molecular complexity index is 731. The van der Waals surface area contributed by atoms with Gasteiger partial charge in [-0.2, -0.15) is 0 Å². The van der Waals surface area contributed by atoms with Crippen LogP contribution in [-0.4, -0.2) is 36.4 Å². The predicted octanol–water partition coefficient (Wildman–Crippen LogP) is 2.14. The maximum absolute atomic E-state index is 12.1. The van der Waals surface area contributed by atoms with Crippen LogP contribution in [0, 0.1) is 5.92 Å². The Kier molecular flexibility index (Phi) is 5.18. The molecule has 6 heteroatoms. The maximum atomic E-state index is 12.1. The highest BCUT2D eigenvalue weighted by molar-refractivity contribution is 5.81. The Morgan fingerprint density at radius 2 is 1.76 bits per heavy atom. The Balaban J connectivity index is 1.49. The van der Waals surface area contributed by atoms with Gasteiger partial charge in [-0.25, -0.2) is 0 Å². The van der Waals surface area contributed by atoms with Crippen LogP contribution in [0.5, 0.6) is 5.75 Å². The van der Waals surface area contributed by atoms with Crippen molar-refractivity contribution >= 4 is 23.2 Å². The molecule has 3 rings (SSSR count). The van der Waals surface area contributed by atoms with Crippen molar-refractivity contribution < 1.29 is 14.3 Å². The topological polar surface area (TPSA) is 84.7 Å². The monoisotopic (exact) mass is 339 g/mol. The van der Waals surface area contributed by atoms with Gasteiger partial charge in [0.25, 0.3) is 5.91 Å². The molecule has 1 atom stereocenters. The molecule has 1 aliphatic rings. The summed E-state index contributed by atoms with van der Waals surface area (Å²) in [4.78, 5) is 24.9. The van der Waals surface area contributed by atoms with Gasteiger partial charge in [-0.05, 0) is 42.8 Å². The first kappa shape index (κ1) is 16.8. The maximum Gasteiger partial charge on any atom is 0.260 e. The summed E-state index contributed by atoms with van der Waals surface area (Å²) in [7, 11) is 0. The van der Waals surface area contributed by atoms with Crippen molar-refractivity contribution in [2.75, 3.05) is 25.0 Å². The highest BCUT2D eigenvalue weighted by Crippen LogP contribution is 2.20. The van der Waals surface area contributed by atoms with Gasteiger partial charge in [0, 0.05) is 24.5 Å². The molecule has 0 aliphatic carbocycles. The van der Waals surface area contributed by atoms with Crippen molar-refractivity contribution in [1.29, 1.82) is 0 Å². The first-order valence-corrected chi connectivity index (χ1v) is 8.24. The standard InChI is InChI=1S/C19H21N3O3/c20-19(24)14-10-11-22(12-14)18(23)13-25-17-8-6-16(7-9-17)21-15-4-2-1-3-5-15/h1-9,14,21H,10-13H2,(H2,20,24). The number of benzene rings is 2. The van der Waals surface area contributed by atoms with Crippen LogP contribution in [0.25, 0.3) is 0 Å². The van der Waals surface area contributed by atoms with Crippen LogP contribution >= 0.6 is 0 Å². The molecule has 2 aromatic rings. The molecule has 3 N–H and O–H groups in total. The smallest absolute Gasteiger partial charge is 0.260 e. The SMILES string of the molecule is NC(=O)C1CCN(C(=O)COc2ccc(Nc3ccccc3)cc2)C1. The second kappa shape index (κ2) is 7.70. The van der Waals surface area contributed by atoms with Crippen LogP contribution in [0.4, 0.5) is 11.4 Å². The molecule has 0 radical (unpaired) electrons. The Morgan fingerprint density at radius 3 is 2.40 bits per heavy atom. The molecule has 1 aliphatic heterocycles. The molecule has 0 aromatic heterocycles. The normalized spacial score (nSPS) is 16.5. The second-order valence-electron chi connectivity index (χ2n) is 6.03. The van der Waals surface area contributed by atoms with Crippen molar-refractivity contribution in [3.05, 3.63) is 54.6 Å². The number of ether oxygens (including phenoxy) is 1. The second-order valence-corrected chi connectivity index (χ2v) is 6.03. The van der Waals surface area contributed by atoms with Gasteiger partial charge in [0.15, 0.2) is 6.61 Å². The fourth-order valence-corrected chi connectivity index (χ4v) is 2.78. The molecule has 1 saturated heterocycles. The summed E-state index contributed by atoms with van der Waals surface area (Å²) in [5.41, 5.74) is 7.22. The third kappa shape index (κ3) is 4.50. The van der Waals surface area contributed by atoms with E-state index in [0.717, 1.165) is 11.4 Å². The number of anilines is 2. The van der Waals surface area contributed by atoms with Crippen LogP contribution in [-0.2, 0) is 9.59 Å². The van der Waals surface area contributed by atoms with E-state index < -0.39 is 0 Å². The predicted molar refractivity (Wildman–Crippen MR) is 95.5 cm³/mol. The van der Waals surface area contributed by atoms with E-state index in [1.165, 1.54) is 0 Å². The summed E-state index contributed by atoms with van der Waals surface area (Å²) in [6, 6.07) is 17.3. The van der Waals surface area contributed by atoms with Gasteiger partial charge in [0.2, 0.25) is 5.91 Å². The zero-order valence-electron chi connectivity index (χ0n) is 13.9. The summed E-state index contributed by atoms with van der Waals surface area (Å²) in [5.74, 6) is -0.0992. The summed E-state index contributed by atoms with van der Waals surface area (Å²) >= 11 is 0. The number of nitrogens with zero attached hydrogens (tertiary/aromatic N) is 1. The van der Waals surface area contributed by atoms with E-state index in [1.54, 1.807) is 4.90 Å². The molecule has 25 heavy (non-hydrogen) atoms. The van der Waals surface area contributed by atoms with Crippen molar-refractivity contribution in [3.8, 4) is 5.75 Å². The molecule has 2 aromatic carbocycles. The molecular formula is C19H21N3O3. The molecular weight excluding hydrogens is 318 g/mol. The summed E-state index contributed by atoms with van der Waals surface area (Å²) in [6.07, 6.45) is 0.626. The summed E-state index contributed by atoms with van der Waals surface area (Å²) < 4.78 is 5.55. The number of likely N-dealkylation sites (tertiary alicyclic amines) is 1. The Labute approximate surface area is 146 Å². The fourth-order valence-electron chi connectivity index (χ4n) is 2.78. The van der Waals surface area contributed by atoms with Crippen molar-refractivity contribution in [2.45, 2.75) is 6.42 Å². The molecule has 2 amide bonds. The van der Waals surface area contributed by atoms with Gasteiger partial charge in [0.1, 0.15) is 5.75 Å². The van der Waals surface area contributed by atoms with Crippen LogP contribution in [0.15, 0.2) is 54.6 Å². The van der Waals surface area contributed by atoms with Gasteiger partial charge in [0.05, 0.1) is 5.92 Å². The number of amides is 2. The van der Waals surface area contributed by atoms with E-state index in [0.29, 0.717) is 25.3 Å². The van der Waals surface area contributed by atoms with E-state index >= 15 is 0 Å². The van der Waals surface area contributed by atoms with Crippen LogP contribution in [0.2, 0.25) is 0 Å². The van der Waals surface area contributed by atoms with Crippen molar-refractivity contribution in [3.63, 3.8) is 0 Å². The number of carbonyl (C=O) groups is 2. The number of nitrogens with two attached hydrogens (primary N) is 1. The third-order valence-corrected chi connectivity index (χ3v) is 4.22. The van der Waals surface area contributed by atoms with Crippen LogP contribution in [0.1, 0.15) is 6.42 Å². The number of primary amides is 1. The Morgan fingerprint density at radius 1 is 1.08 bits per heavy atom. The minimum atomic E-state index is -0.349. The zero-order chi connectivity index (χ0) is 17.6. The first-order valence-electron chi connectivity index (χ1n) is 8.24. The van der Waals surface area contributed by atoms with E-state index in [2.05, 4.69) is 5.32 Å². The Hall–Kier alpha value is -3.02. The number of nitrogens with one attached hydrogen (secondary N) is 1. The largest absolute Gasteiger partial charge is 0.484 e. The fraction of sp³-hybridized carbons (Fsp3) is 0.263. The first-order chi connectivity index (χ1) is 12.1. The summed E-state index contributed by atoms with van der Waals surface area (Å²) in [5, 5.41) is 3.28. The number of para-hydroxylation sites is 1. The molecule has 0 saturated carbocycles. The van der Waals surface area contributed by atoms with Crippen molar-refractivity contribution in [2.24, 2.45) is 11.7 Å². The van der Waals surface area contributed by atoms with E-state index in [4.69, 9.17) is 10.5 Å². The molecule has 130 valence electrons. The molecule has 1 fully saturated rings. The summed E-state index contributed by atoms with van der Waals surface area (Å²) in [6.45, 7) is 0.893. The number of hydrogen-bond acceptors (Lipinski definition) is 4. The third-order valence-electron chi connectivity index (χ3n) is 4.22. The molecule has 1 unspecified atom stereocenters. The van der Waals surface area contributed by atoms with Gasteiger partial charge < -0.3 is 20.7 Å². The molecule has 0 bridgehead atoms. The highest BCUT2D eigenvalue weighted by Gasteiger charge is 2.29. The zero-order valence-corrected chi connectivity index (χ0v) is 13.9. The van der Waals surface area contributed by atoms with E-state index in [9.17, 15) is 9.59 Å². The van der Waals surface area contributed by atoms with Gasteiger partial charge >= 0.3 is 0 Å². The van der Waals surface area contributed by atoms with E-state index in [-0.39, 0.29) is 24.3 Å². The number of carbonyl (C=O) groups excluding carboxylic acids is 2. The minimum Gasteiger partial charge on any atom is -0.484 e. The lowest BCUT2D eigenvalue weighted by Gasteiger charge is -2.16. The molecule has 6 nitrogen and oxygen atoms in total. The minimum absolute atomic E-state index is 0.0447. The lowest BCUT2D eigenvalue weighted by Crippen LogP contribution is -2.34. The molecule has 1 heterocycles. The lowest BCUT2D eigenvalue weighted by atomic mass is 10.1. The van der Waals surface area contributed by atoms with Crippen LogP contribution < -0.4 is 15.8 Å². The quantitative estimate of drug-likeness (QED) is 0.844. The highest BCUT2D eigenvalue weighted by atomic mass is 16.5. The average Bonchev–Trinajstić information content (AvgIpc) is 3.12. The molecule has 0 spiro atoms. The van der Waals surface area contributed by atoms with Gasteiger partial charge in [-0.15, -0.1) is 0 Å². The number of hydrogen-bond donors (Lipinski definition) is 2. The van der Waals surface area contributed by atoms with Gasteiger partial charge in [-0.3, -0.25) is 9.59 Å².